The summed E-state index contributed by atoms with van der Waals surface area (Å²) in [5.74, 6) is -0.392. The fraction of sp³-hybridized carbons (Fsp3) is 0.700. The quantitative estimate of drug-likeness (QED) is 0.379. The van der Waals surface area contributed by atoms with Gasteiger partial charge >= 0.3 is 5.97 Å². The summed E-state index contributed by atoms with van der Waals surface area (Å²) in [5, 5.41) is 0. The fourth-order valence-corrected chi connectivity index (χ4v) is 1.36. The van der Waals surface area contributed by atoms with Gasteiger partial charge in [0.2, 0.25) is 0 Å². The lowest BCUT2D eigenvalue weighted by molar-refractivity contribution is -0.157. The van der Waals surface area contributed by atoms with E-state index in [0.717, 1.165) is 6.42 Å². The number of methoxy groups -OCH3 is 1. The van der Waals surface area contributed by atoms with Crippen molar-refractivity contribution in [2.75, 3.05) is 27.1 Å². The van der Waals surface area contributed by atoms with Crippen LogP contribution in [0.25, 0.3) is 0 Å². The maximum absolute atomic E-state index is 11.4. The number of ether oxygens (including phenoxy) is 3. The topological polar surface area (TPSA) is 44.8 Å². The molecule has 14 heavy (non-hydrogen) atoms. The molecule has 1 saturated heterocycles. The number of hydrogen-bond acceptors (Lipinski definition) is 4. The number of carbonyl (C=O) groups excluding carboxylic acids is 1. The molecule has 1 heterocycles. The summed E-state index contributed by atoms with van der Waals surface area (Å²) in [6, 6.07) is 0. The van der Waals surface area contributed by atoms with Crippen LogP contribution in [0.4, 0.5) is 0 Å². The number of esters is 1. The Morgan fingerprint density at radius 2 is 2.21 bits per heavy atom. The van der Waals surface area contributed by atoms with E-state index in [4.69, 9.17) is 9.47 Å². The summed E-state index contributed by atoms with van der Waals surface area (Å²) in [4.78, 5) is 11.4. The molecule has 0 amide bonds. The third-order valence-electron chi connectivity index (χ3n) is 2.63. The van der Waals surface area contributed by atoms with Crippen molar-refractivity contribution in [3.63, 3.8) is 0 Å². The van der Waals surface area contributed by atoms with Crippen molar-refractivity contribution in [3.8, 4) is 0 Å². The first-order valence-electron chi connectivity index (χ1n) is 4.59. The van der Waals surface area contributed by atoms with Crippen LogP contribution in [0.3, 0.4) is 0 Å². The molecule has 0 aromatic rings. The minimum atomic E-state index is -0.392. The van der Waals surface area contributed by atoms with Crippen LogP contribution in [0.5, 0.6) is 0 Å². The molecule has 1 aliphatic heterocycles. The van der Waals surface area contributed by atoms with Crippen LogP contribution in [0.1, 0.15) is 13.3 Å². The summed E-state index contributed by atoms with van der Waals surface area (Å²) in [7, 11) is 1.47. The van der Waals surface area contributed by atoms with Gasteiger partial charge in [0.1, 0.15) is 0 Å². The smallest absolute Gasteiger partial charge is 0.336 e. The largest absolute Gasteiger partial charge is 0.435 e. The van der Waals surface area contributed by atoms with Crippen LogP contribution in [-0.4, -0.2) is 33.1 Å². The number of carbonyl (C=O) groups is 1. The average molecular weight is 200 g/mol. The molecule has 0 aromatic heterocycles. The zero-order chi connectivity index (χ0) is 10.6. The van der Waals surface area contributed by atoms with E-state index in [-0.39, 0.29) is 12.2 Å². The Morgan fingerprint density at radius 1 is 1.57 bits per heavy atom. The molecule has 0 aromatic carbocycles. The first-order valence-corrected chi connectivity index (χ1v) is 4.59. The van der Waals surface area contributed by atoms with Crippen LogP contribution in [-0.2, 0) is 19.0 Å². The van der Waals surface area contributed by atoms with Crippen LogP contribution in [0.2, 0.25) is 0 Å². The predicted octanol–water partition coefficient (Wildman–Crippen LogP) is 1.12. The SMILES string of the molecule is C=C(C(=O)OCOC)C1(CC)COC1. The molecule has 0 spiro atoms. The van der Waals surface area contributed by atoms with Crippen LogP contribution in [0, 0.1) is 5.41 Å². The van der Waals surface area contributed by atoms with Gasteiger partial charge in [0.25, 0.3) is 0 Å². The van der Waals surface area contributed by atoms with Crippen molar-refractivity contribution in [2.45, 2.75) is 13.3 Å². The molecular weight excluding hydrogens is 184 g/mol. The summed E-state index contributed by atoms with van der Waals surface area (Å²) in [6.07, 6.45) is 0.841. The normalized spacial score (nSPS) is 18.4. The minimum absolute atomic E-state index is 0.0293. The zero-order valence-electron chi connectivity index (χ0n) is 8.67. The Balaban J connectivity index is 2.50. The molecule has 0 radical (unpaired) electrons. The summed E-state index contributed by atoms with van der Waals surface area (Å²) in [5.41, 5.74) is 0.286. The van der Waals surface area contributed by atoms with Gasteiger partial charge in [0.15, 0.2) is 6.79 Å². The predicted molar refractivity (Wildman–Crippen MR) is 50.7 cm³/mol. The molecule has 0 bridgehead atoms. The molecule has 0 atom stereocenters. The highest BCUT2D eigenvalue weighted by Gasteiger charge is 2.42. The van der Waals surface area contributed by atoms with Crippen molar-refractivity contribution in [3.05, 3.63) is 12.2 Å². The Morgan fingerprint density at radius 3 is 2.57 bits per heavy atom. The van der Waals surface area contributed by atoms with Gasteiger partial charge in [-0.1, -0.05) is 13.5 Å². The van der Waals surface area contributed by atoms with Crippen molar-refractivity contribution >= 4 is 5.97 Å². The molecule has 4 heteroatoms. The van der Waals surface area contributed by atoms with Gasteiger partial charge in [-0.15, -0.1) is 0 Å². The van der Waals surface area contributed by atoms with Gasteiger partial charge in [-0.2, -0.15) is 0 Å². The third kappa shape index (κ3) is 1.96. The van der Waals surface area contributed by atoms with E-state index in [0.29, 0.717) is 18.8 Å². The second kappa shape index (κ2) is 4.57. The van der Waals surface area contributed by atoms with Crippen molar-refractivity contribution in [2.24, 2.45) is 5.41 Å². The van der Waals surface area contributed by atoms with Crippen LogP contribution < -0.4 is 0 Å². The van der Waals surface area contributed by atoms with Gasteiger partial charge in [0, 0.05) is 18.1 Å². The maximum Gasteiger partial charge on any atom is 0.336 e. The molecule has 1 rings (SSSR count). The van der Waals surface area contributed by atoms with E-state index < -0.39 is 5.97 Å². The molecule has 4 nitrogen and oxygen atoms in total. The summed E-state index contributed by atoms with van der Waals surface area (Å²) >= 11 is 0. The highest BCUT2D eigenvalue weighted by molar-refractivity contribution is 5.89. The molecule has 1 fully saturated rings. The molecule has 0 saturated carbocycles. The molecule has 80 valence electrons. The van der Waals surface area contributed by atoms with Gasteiger partial charge in [-0.25, -0.2) is 4.79 Å². The number of rotatable bonds is 5. The van der Waals surface area contributed by atoms with Gasteiger partial charge in [-0.3, -0.25) is 0 Å². The first-order chi connectivity index (χ1) is 6.66. The number of hydrogen-bond donors (Lipinski definition) is 0. The summed E-state index contributed by atoms with van der Waals surface area (Å²) in [6.45, 7) is 6.86. The van der Waals surface area contributed by atoms with E-state index >= 15 is 0 Å². The summed E-state index contributed by atoms with van der Waals surface area (Å²) < 4.78 is 14.6. The van der Waals surface area contributed by atoms with Crippen LogP contribution in [0.15, 0.2) is 12.2 Å². The van der Waals surface area contributed by atoms with E-state index in [1.807, 2.05) is 6.92 Å². The maximum atomic E-state index is 11.4. The highest BCUT2D eigenvalue weighted by Crippen LogP contribution is 2.38. The van der Waals surface area contributed by atoms with Gasteiger partial charge < -0.3 is 14.2 Å². The Bertz CT molecular complexity index is 225. The van der Waals surface area contributed by atoms with Crippen molar-refractivity contribution in [1.82, 2.24) is 0 Å². The zero-order valence-corrected chi connectivity index (χ0v) is 8.67. The minimum Gasteiger partial charge on any atom is -0.435 e. The van der Waals surface area contributed by atoms with Crippen molar-refractivity contribution in [1.29, 1.82) is 0 Å². The van der Waals surface area contributed by atoms with Crippen LogP contribution >= 0.6 is 0 Å². The van der Waals surface area contributed by atoms with E-state index in [1.165, 1.54) is 7.11 Å². The lowest BCUT2D eigenvalue weighted by Crippen LogP contribution is -2.45. The van der Waals surface area contributed by atoms with E-state index in [2.05, 4.69) is 11.3 Å². The Labute approximate surface area is 83.8 Å². The lowest BCUT2D eigenvalue weighted by Gasteiger charge is -2.41. The second-order valence-corrected chi connectivity index (χ2v) is 3.44. The van der Waals surface area contributed by atoms with E-state index in [1.54, 1.807) is 0 Å². The van der Waals surface area contributed by atoms with Gasteiger partial charge in [0.05, 0.1) is 13.2 Å². The molecule has 1 aliphatic rings. The Hall–Kier alpha value is -0.870. The first kappa shape index (κ1) is 11.2. The van der Waals surface area contributed by atoms with E-state index in [9.17, 15) is 4.79 Å². The molecule has 0 aliphatic carbocycles. The fourth-order valence-electron chi connectivity index (χ4n) is 1.36. The standard InChI is InChI=1S/C10H16O4/c1-4-10(5-13-6-10)8(2)9(11)14-7-12-3/h2,4-7H2,1,3H3. The monoisotopic (exact) mass is 200 g/mol. The Kier molecular flexibility index (Phi) is 3.66. The average Bonchev–Trinajstić information content (AvgIpc) is 2.13. The van der Waals surface area contributed by atoms with Crippen molar-refractivity contribution < 1.29 is 19.0 Å². The second-order valence-electron chi connectivity index (χ2n) is 3.44. The molecule has 0 unspecified atom stereocenters. The molecule has 0 N–H and O–H groups in total. The lowest BCUT2D eigenvalue weighted by atomic mass is 9.76. The molecular formula is C10H16O4. The third-order valence-corrected chi connectivity index (χ3v) is 2.63. The highest BCUT2D eigenvalue weighted by atomic mass is 16.7. The van der Waals surface area contributed by atoms with Gasteiger partial charge in [-0.05, 0) is 6.42 Å².